The zero-order valence-electron chi connectivity index (χ0n) is 13.6. The van der Waals surface area contributed by atoms with Gasteiger partial charge in [0.25, 0.3) is 5.92 Å². The van der Waals surface area contributed by atoms with Crippen molar-refractivity contribution in [3.8, 4) is 0 Å². The minimum absolute atomic E-state index is 0. The zero-order valence-corrected chi connectivity index (χ0v) is 14.4. The van der Waals surface area contributed by atoms with Crippen LogP contribution in [0.15, 0.2) is 4.52 Å². The van der Waals surface area contributed by atoms with Crippen molar-refractivity contribution >= 4 is 18.3 Å². The Kier molecular flexibility index (Phi) is 5.54. The average Bonchev–Trinajstić information content (AvgIpc) is 3.07. The first-order chi connectivity index (χ1) is 11.6. The first-order valence-electron chi connectivity index (χ1n) is 7.84. The Morgan fingerprint density at radius 2 is 1.96 bits per heavy atom. The van der Waals surface area contributed by atoms with E-state index in [2.05, 4.69) is 10.1 Å². The Morgan fingerprint density at radius 3 is 2.50 bits per heavy atom. The zero-order chi connectivity index (χ0) is 18.5. The summed E-state index contributed by atoms with van der Waals surface area (Å²) in [5.74, 6) is -4.92. The molecule has 1 saturated heterocycles. The van der Waals surface area contributed by atoms with Crippen LogP contribution in [0.1, 0.15) is 43.3 Å². The van der Waals surface area contributed by atoms with Crippen molar-refractivity contribution in [2.24, 2.45) is 5.73 Å². The van der Waals surface area contributed by atoms with Crippen LogP contribution in [-0.4, -0.2) is 52.7 Å². The maximum absolute atomic E-state index is 13.7. The maximum atomic E-state index is 13.7. The van der Waals surface area contributed by atoms with E-state index in [1.807, 2.05) is 0 Å². The third-order valence-electron chi connectivity index (χ3n) is 4.67. The number of alkyl halides is 5. The van der Waals surface area contributed by atoms with Crippen molar-refractivity contribution in [1.82, 2.24) is 15.0 Å². The largest absolute Gasteiger partial charge is 0.405 e. The summed E-state index contributed by atoms with van der Waals surface area (Å²) in [5.41, 5.74) is 2.34. The van der Waals surface area contributed by atoms with Crippen molar-refractivity contribution in [2.75, 3.05) is 19.6 Å². The molecule has 2 fully saturated rings. The van der Waals surface area contributed by atoms with E-state index in [9.17, 15) is 26.7 Å². The van der Waals surface area contributed by atoms with Crippen LogP contribution in [0.25, 0.3) is 0 Å². The van der Waals surface area contributed by atoms with E-state index < -0.39 is 55.2 Å². The second-order valence-corrected chi connectivity index (χ2v) is 6.61. The van der Waals surface area contributed by atoms with E-state index in [1.165, 1.54) is 0 Å². The molecular formula is C14H18ClF5N4O2. The van der Waals surface area contributed by atoms with Gasteiger partial charge in [0.05, 0.1) is 13.0 Å². The first-order valence-corrected chi connectivity index (χ1v) is 7.84. The fraction of sp³-hybridized carbons (Fsp3) is 0.786. The number of hydrogen-bond donors (Lipinski definition) is 1. The van der Waals surface area contributed by atoms with Crippen LogP contribution in [0.5, 0.6) is 0 Å². The summed E-state index contributed by atoms with van der Waals surface area (Å²) in [7, 11) is 0. The number of nitrogens with two attached hydrogens (primary N) is 1. The van der Waals surface area contributed by atoms with Gasteiger partial charge in [0, 0.05) is 19.0 Å². The van der Waals surface area contributed by atoms with Crippen molar-refractivity contribution in [3.05, 3.63) is 11.7 Å². The monoisotopic (exact) mass is 404 g/mol. The van der Waals surface area contributed by atoms with E-state index in [4.69, 9.17) is 10.3 Å². The number of nitrogens with zero attached hydrogens (tertiary/aromatic N) is 3. The second kappa shape index (κ2) is 6.91. The number of aromatic nitrogens is 2. The second-order valence-electron chi connectivity index (χ2n) is 6.61. The number of likely N-dealkylation sites (tertiary alicyclic amines) is 1. The van der Waals surface area contributed by atoms with Crippen LogP contribution in [0.2, 0.25) is 0 Å². The number of amides is 1. The molecule has 26 heavy (non-hydrogen) atoms. The van der Waals surface area contributed by atoms with Crippen molar-refractivity contribution in [2.45, 2.75) is 49.1 Å². The lowest BCUT2D eigenvalue weighted by molar-refractivity contribution is -0.194. The third-order valence-corrected chi connectivity index (χ3v) is 4.67. The van der Waals surface area contributed by atoms with E-state index in [0.717, 1.165) is 17.7 Å². The van der Waals surface area contributed by atoms with Gasteiger partial charge < -0.3 is 15.2 Å². The smallest absolute Gasteiger partial charge is 0.341 e. The lowest BCUT2D eigenvalue weighted by Gasteiger charge is -2.28. The first kappa shape index (κ1) is 20.8. The highest BCUT2D eigenvalue weighted by molar-refractivity contribution is 5.85. The molecule has 0 spiro atoms. The summed E-state index contributed by atoms with van der Waals surface area (Å²) < 4.78 is 72.6. The Hall–Kier alpha value is -1.49. The molecule has 148 valence electrons. The highest BCUT2D eigenvalue weighted by Gasteiger charge is 2.63. The van der Waals surface area contributed by atoms with Gasteiger partial charge in [0.2, 0.25) is 11.8 Å². The molecule has 1 aromatic rings. The number of hydrogen-bond acceptors (Lipinski definition) is 5. The molecule has 0 radical (unpaired) electrons. The van der Waals surface area contributed by atoms with Crippen LogP contribution in [0.3, 0.4) is 0 Å². The van der Waals surface area contributed by atoms with E-state index in [0.29, 0.717) is 0 Å². The van der Waals surface area contributed by atoms with Gasteiger partial charge in [-0.05, 0) is 19.3 Å². The van der Waals surface area contributed by atoms with Gasteiger partial charge in [-0.15, -0.1) is 12.4 Å². The molecule has 2 heterocycles. The molecule has 2 N–H and O–H groups in total. The number of carbonyl (C=O) groups is 1. The minimum Gasteiger partial charge on any atom is -0.341 e. The quantitative estimate of drug-likeness (QED) is 0.762. The Morgan fingerprint density at radius 1 is 1.31 bits per heavy atom. The van der Waals surface area contributed by atoms with Gasteiger partial charge in [-0.25, -0.2) is 8.78 Å². The summed E-state index contributed by atoms with van der Waals surface area (Å²) in [4.78, 5) is 16.6. The van der Waals surface area contributed by atoms with E-state index in [1.54, 1.807) is 0 Å². The lowest BCUT2D eigenvalue weighted by Crippen LogP contribution is -2.46. The molecule has 1 aliphatic carbocycles. The molecule has 1 amide bonds. The molecular weight excluding hydrogens is 387 g/mol. The van der Waals surface area contributed by atoms with E-state index in [-0.39, 0.29) is 30.7 Å². The third kappa shape index (κ3) is 3.78. The molecule has 1 aromatic heterocycles. The molecule has 1 aliphatic heterocycles. The van der Waals surface area contributed by atoms with Gasteiger partial charge in [-0.1, -0.05) is 5.16 Å². The van der Waals surface area contributed by atoms with Gasteiger partial charge in [-0.3, -0.25) is 4.79 Å². The molecule has 1 saturated carbocycles. The SMILES string of the molecule is Cl.NCC(F)(F)CC(=O)N1CCC(c2nc(C3CC3)no2)(C(F)(F)F)C1. The number of rotatable bonds is 5. The highest BCUT2D eigenvalue weighted by atomic mass is 35.5. The summed E-state index contributed by atoms with van der Waals surface area (Å²) in [5, 5.41) is 3.60. The van der Waals surface area contributed by atoms with Gasteiger partial charge in [-0.2, -0.15) is 18.2 Å². The van der Waals surface area contributed by atoms with E-state index >= 15 is 0 Å². The number of halogens is 6. The van der Waals surface area contributed by atoms with Crippen molar-refractivity contribution < 1.29 is 31.3 Å². The topological polar surface area (TPSA) is 85.3 Å². The molecule has 1 unspecified atom stereocenters. The summed E-state index contributed by atoms with van der Waals surface area (Å²) >= 11 is 0. The highest BCUT2D eigenvalue weighted by Crippen LogP contribution is 2.48. The van der Waals surface area contributed by atoms with Crippen LogP contribution < -0.4 is 5.73 Å². The van der Waals surface area contributed by atoms with Crippen LogP contribution in [-0.2, 0) is 10.2 Å². The molecule has 2 aliphatic rings. The predicted molar refractivity (Wildman–Crippen MR) is 81.1 cm³/mol. The molecule has 6 nitrogen and oxygen atoms in total. The van der Waals surface area contributed by atoms with Crippen LogP contribution in [0, 0.1) is 0 Å². The maximum Gasteiger partial charge on any atom is 0.405 e. The fourth-order valence-corrected chi connectivity index (χ4v) is 2.89. The molecule has 1 atom stereocenters. The standard InChI is InChI=1S/C14H17F5N4O2.ClH/c15-13(16,6-20)5-9(24)23-4-3-12(7-23,14(17,18)19)11-21-10(22-25-11)8-1-2-8;/h8H,1-7,20H2;1H. The van der Waals surface area contributed by atoms with Crippen molar-refractivity contribution in [3.63, 3.8) is 0 Å². The van der Waals surface area contributed by atoms with Gasteiger partial charge in [0.15, 0.2) is 11.2 Å². The summed E-state index contributed by atoms with van der Waals surface area (Å²) in [6, 6.07) is 0. The van der Waals surface area contributed by atoms with Gasteiger partial charge in [0.1, 0.15) is 0 Å². The summed E-state index contributed by atoms with van der Waals surface area (Å²) in [6.45, 7) is -2.19. The average molecular weight is 405 g/mol. The van der Waals surface area contributed by atoms with Crippen molar-refractivity contribution in [1.29, 1.82) is 0 Å². The van der Waals surface area contributed by atoms with Gasteiger partial charge >= 0.3 is 6.18 Å². The van der Waals surface area contributed by atoms with Crippen LogP contribution >= 0.6 is 12.4 Å². The Balaban J connectivity index is 0.00000243. The molecule has 0 bridgehead atoms. The minimum atomic E-state index is -4.76. The molecule has 0 aromatic carbocycles. The molecule has 3 rings (SSSR count). The predicted octanol–water partition coefficient (Wildman–Crippen LogP) is 2.39. The number of carbonyl (C=O) groups excluding carboxylic acids is 1. The summed E-state index contributed by atoms with van der Waals surface area (Å²) in [6.07, 6.45) is -4.92. The Labute approximate surface area is 151 Å². The van der Waals surface area contributed by atoms with Crippen LogP contribution in [0.4, 0.5) is 22.0 Å². The molecule has 12 heteroatoms. The lowest BCUT2D eigenvalue weighted by atomic mass is 9.86. The Bertz CT molecular complexity index is 664. The normalized spacial score (nSPS) is 23.8. The fourth-order valence-electron chi connectivity index (χ4n) is 2.89.